The average Bonchev–Trinajstić information content (AvgIpc) is 3.38. The Labute approximate surface area is 212 Å². The molecule has 1 aromatic carbocycles. The van der Waals surface area contributed by atoms with Crippen molar-refractivity contribution in [2.24, 2.45) is 11.3 Å². The summed E-state index contributed by atoms with van der Waals surface area (Å²) in [4.78, 5) is 45.5. The minimum Gasteiger partial charge on any atom is -0.497 e. The zero-order valence-electron chi connectivity index (χ0n) is 21.9. The van der Waals surface area contributed by atoms with Crippen molar-refractivity contribution in [1.29, 1.82) is 0 Å². The Bertz CT molecular complexity index is 1160. The summed E-state index contributed by atoms with van der Waals surface area (Å²) in [6, 6.07) is 5.60. The number of benzene rings is 1. The normalized spacial score (nSPS) is 25.6. The third-order valence-corrected chi connectivity index (χ3v) is 8.81. The van der Waals surface area contributed by atoms with E-state index in [4.69, 9.17) is 4.74 Å². The number of ether oxygens (including phenoxy) is 1. The van der Waals surface area contributed by atoms with E-state index in [0.717, 1.165) is 47.2 Å². The van der Waals surface area contributed by atoms with E-state index < -0.39 is 11.6 Å². The van der Waals surface area contributed by atoms with Crippen LogP contribution in [0.4, 0.5) is 4.79 Å². The van der Waals surface area contributed by atoms with Crippen LogP contribution in [0.15, 0.2) is 24.4 Å². The summed E-state index contributed by atoms with van der Waals surface area (Å²) in [5.41, 5.74) is 1.68. The molecule has 3 fully saturated rings. The van der Waals surface area contributed by atoms with E-state index in [-0.39, 0.29) is 23.8 Å². The number of rotatable bonds is 4. The van der Waals surface area contributed by atoms with Crippen molar-refractivity contribution in [2.75, 3.05) is 26.7 Å². The second kappa shape index (κ2) is 9.12. The highest BCUT2D eigenvalue weighted by Crippen LogP contribution is 2.43. The number of nitrogens with zero attached hydrogens (tertiary/aromatic N) is 2. The Hall–Kier alpha value is -3.03. The maximum absolute atomic E-state index is 13.3. The number of fused-ring (bicyclic) bond motifs is 1. The lowest BCUT2D eigenvalue weighted by Crippen LogP contribution is -2.51. The van der Waals surface area contributed by atoms with Crippen molar-refractivity contribution in [3.8, 4) is 5.75 Å². The molecular weight excluding hydrogens is 456 g/mol. The van der Waals surface area contributed by atoms with Crippen LogP contribution in [0.25, 0.3) is 10.9 Å². The monoisotopic (exact) mass is 494 g/mol. The molecule has 0 atom stereocenters. The number of piperidine rings is 1. The fourth-order valence-electron chi connectivity index (χ4n) is 6.40. The molecule has 5 rings (SSSR count). The zero-order chi connectivity index (χ0) is 25.7. The number of aromatic amines is 1. The van der Waals surface area contributed by atoms with Crippen molar-refractivity contribution >= 4 is 28.7 Å². The zero-order valence-corrected chi connectivity index (χ0v) is 21.9. The van der Waals surface area contributed by atoms with Crippen molar-refractivity contribution in [3.63, 3.8) is 0 Å². The van der Waals surface area contributed by atoms with E-state index in [2.05, 4.69) is 43.3 Å². The second-order valence-corrected chi connectivity index (χ2v) is 11.9. The molecule has 3 aliphatic rings. The van der Waals surface area contributed by atoms with Crippen LogP contribution >= 0.6 is 0 Å². The maximum atomic E-state index is 13.3. The van der Waals surface area contributed by atoms with E-state index in [0.29, 0.717) is 37.8 Å². The van der Waals surface area contributed by atoms with Crippen LogP contribution in [0.2, 0.25) is 0 Å². The standard InChI is InChI=1S/C28H38N4O4/c1-27(2,3)19-7-11-28(12-8-19)25(34)32(26(35)30-28)17-24(33)31-13-9-18(10-14-31)22-16-29-23-6-5-20(36-4)15-21(22)23/h5-6,15-16,18-19,29H,7-14,17H2,1-4H3,(H,30,35). The number of nitrogens with one attached hydrogen (secondary N) is 2. The first-order chi connectivity index (χ1) is 17.1. The molecule has 8 nitrogen and oxygen atoms in total. The number of urea groups is 1. The number of imide groups is 1. The highest BCUT2D eigenvalue weighted by Gasteiger charge is 2.53. The van der Waals surface area contributed by atoms with Gasteiger partial charge in [-0.15, -0.1) is 0 Å². The molecule has 3 heterocycles. The lowest BCUT2D eigenvalue weighted by Gasteiger charge is -2.40. The maximum Gasteiger partial charge on any atom is 0.325 e. The molecule has 1 aliphatic carbocycles. The second-order valence-electron chi connectivity index (χ2n) is 11.9. The Kier molecular flexibility index (Phi) is 6.25. The Morgan fingerprint density at radius 3 is 2.44 bits per heavy atom. The van der Waals surface area contributed by atoms with Gasteiger partial charge in [0.05, 0.1) is 7.11 Å². The molecule has 2 N–H and O–H groups in total. The Morgan fingerprint density at radius 1 is 1.11 bits per heavy atom. The van der Waals surface area contributed by atoms with Gasteiger partial charge in [-0.3, -0.25) is 14.5 Å². The van der Waals surface area contributed by atoms with Crippen molar-refractivity contribution in [3.05, 3.63) is 30.0 Å². The van der Waals surface area contributed by atoms with Gasteiger partial charge in [0.1, 0.15) is 17.8 Å². The van der Waals surface area contributed by atoms with Crippen molar-refractivity contribution < 1.29 is 19.1 Å². The van der Waals surface area contributed by atoms with Crippen LogP contribution in [0.3, 0.4) is 0 Å². The predicted octanol–water partition coefficient (Wildman–Crippen LogP) is 4.41. The molecule has 1 aromatic heterocycles. The van der Waals surface area contributed by atoms with Crippen LogP contribution in [0.5, 0.6) is 5.75 Å². The summed E-state index contributed by atoms with van der Waals surface area (Å²) in [5, 5.41) is 4.11. The van der Waals surface area contributed by atoms with Crippen molar-refractivity contribution in [1.82, 2.24) is 20.1 Å². The third-order valence-electron chi connectivity index (χ3n) is 8.81. The van der Waals surface area contributed by atoms with Gasteiger partial charge in [-0.05, 0) is 79.5 Å². The first-order valence-electron chi connectivity index (χ1n) is 13.2. The van der Waals surface area contributed by atoms with Crippen LogP contribution in [0, 0.1) is 11.3 Å². The molecule has 8 heteroatoms. The summed E-state index contributed by atoms with van der Waals surface area (Å²) in [6.45, 7) is 7.74. The van der Waals surface area contributed by atoms with Crippen LogP contribution in [-0.2, 0) is 9.59 Å². The SMILES string of the molecule is COc1ccc2[nH]cc(C3CCN(C(=O)CN4C(=O)NC5(CCC(C(C)(C)C)CC5)C4=O)CC3)c2c1. The number of likely N-dealkylation sites (tertiary alicyclic amines) is 1. The van der Waals surface area contributed by atoms with Gasteiger partial charge < -0.3 is 19.9 Å². The summed E-state index contributed by atoms with van der Waals surface area (Å²) in [7, 11) is 1.67. The van der Waals surface area contributed by atoms with Crippen LogP contribution in [-0.4, -0.2) is 64.9 Å². The quantitative estimate of drug-likeness (QED) is 0.616. The molecular formula is C28H38N4O4. The molecule has 2 aromatic rings. The molecule has 0 radical (unpaired) electrons. The molecule has 4 amide bonds. The van der Waals surface area contributed by atoms with Crippen molar-refractivity contribution in [2.45, 2.75) is 70.8 Å². The first kappa shape index (κ1) is 24.7. The average molecular weight is 495 g/mol. The Morgan fingerprint density at radius 2 is 1.81 bits per heavy atom. The lowest BCUT2D eigenvalue weighted by atomic mass is 9.67. The first-order valence-corrected chi connectivity index (χ1v) is 13.2. The van der Waals surface area contributed by atoms with Gasteiger partial charge in [-0.1, -0.05) is 20.8 Å². The number of H-pyrrole nitrogens is 1. The number of carbonyl (C=O) groups excluding carboxylic acids is 3. The number of hydrogen-bond acceptors (Lipinski definition) is 4. The highest BCUT2D eigenvalue weighted by molar-refractivity contribution is 6.09. The van der Waals surface area contributed by atoms with E-state index in [1.54, 1.807) is 12.0 Å². The fraction of sp³-hybridized carbons (Fsp3) is 0.607. The number of methoxy groups -OCH3 is 1. The smallest absolute Gasteiger partial charge is 0.325 e. The number of hydrogen-bond donors (Lipinski definition) is 2. The molecule has 0 unspecified atom stereocenters. The molecule has 0 bridgehead atoms. The topological polar surface area (TPSA) is 94.7 Å². The van der Waals surface area contributed by atoms with E-state index in [1.165, 1.54) is 5.56 Å². The molecule has 2 saturated heterocycles. The fourth-order valence-corrected chi connectivity index (χ4v) is 6.40. The number of carbonyl (C=O) groups is 3. The lowest BCUT2D eigenvalue weighted by molar-refractivity contribution is -0.140. The molecule has 2 aliphatic heterocycles. The van der Waals surface area contributed by atoms with Crippen LogP contribution in [0.1, 0.15) is 70.8 Å². The molecule has 36 heavy (non-hydrogen) atoms. The van der Waals surface area contributed by atoms with E-state index >= 15 is 0 Å². The summed E-state index contributed by atoms with van der Waals surface area (Å²) in [5.74, 6) is 1.32. The van der Waals surface area contributed by atoms with Gasteiger partial charge in [0.2, 0.25) is 5.91 Å². The summed E-state index contributed by atoms with van der Waals surface area (Å²) < 4.78 is 5.39. The van der Waals surface area contributed by atoms with Gasteiger partial charge in [-0.2, -0.15) is 0 Å². The third kappa shape index (κ3) is 4.35. The summed E-state index contributed by atoms with van der Waals surface area (Å²) >= 11 is 0. The van der Waals surface area contributed by atoms with E-state index in [1.807, 2.05) is 12.1 Å². The number of amides is 4. The molecule has 1 saturated carbocycles. The van der Waals surface area contributed by atoms with Gasteiger partial charge in [0.25, 0.3) is 5.91 Å². The Balaban J connectivity index is 1.19. The van der Waals surface area contributed by atoms with Gasteiger partial charge in [0.15, 0.2) is 0 Å². The minimum absolute atomic E-state index is 0.155. The summed E-state index contributed by atoms with van der Waals surface area (Å²) in [6.07, 6.45) is 6.85. The number of aromatic nitrogens is 1. The minimum atomic E-state index is -0.831. The highest BCUT2D eigenvalue weighted by atomic mass is 16.5. The van der Waals surface area contributed by atoms with Gasteiger partial charge >= 0.3 is 6.03 Å². The predicted molar refractivity (Wildman–Crippen MR) is 138 cm³/mol. The van der Waals surface area contributed by atoms with E-state index in [9.17, 15) is 14.4 Å². The van der Waals surface area contributed by atoms with Gasteiger partial charge in [-0.25, -0.2) is 4.79 Å². The molecule has 194 valence electrons. The van der Waals surface area contributed by atoms with Gasteiger partial charge in [0, 0.05) is 30.2 Å². The largest absolute Gasteiger partial charge is 0.497 e. The molecule has 1 spiro atoms. The van der Waals surface area contributed by atoms with Crippen LogP contribution < -0.4 is 10.1 Å².